The van der Waals surface area contributed by atoms with E-state index in [4.69, 9.17) is 9.84 Å². The Labute approximate surface area is 114 Å². The minimum Gasteiger partial charge on any atom is -0.481 e. The van der Waals surface area contributed by atoms with Crippen LogP contribution in [0.1, 0.15) is 12.8 Å². The lowest BCUT2D eigenvalue weighted by atomic mass is 10.2. The Morgan fingerprint density at radius 2 is 1.89 bits per heavy atom. The molecule has 0 saturated heterocycles. The Balaban J connectivity index is 2.44. The average molecular weight is 272 g/mol. The number of carboxylic acid groups (broad SMARTS) is 1. The third-order valence-electron chi connectivity index (χ3n) is 3.34. The molecule has 1 aliphatic rings. The zero-order valence-corrected chi connectivity index (χ0v) is 12.0. The van der Waals surface area contributed by atoms with Crippen LogP contribution in [0.3, 0.4) is 0 Å². The molecule has 0 aliphatic heterocycles. The molecular formula is C13H24N2O4. The highest BCUT2D eigenvalue weighted by molar-refractivity contribution is 5.89. The number of rotatable bonds is 9. The van der Waals surface area contributed by atoms with Gasteiger partial charge in [0.05, 0.1) is 18.4 Å². The van der Waals surface area contributed by atoms with Gasteiger partial charge in [-0.25, -0.2) is 0 Å². The van der Waals surface area contributed by atoms with E-state index in [1.165, 1.54) is 0 Å². The first-order chi connectivity index (χ1) is 8.97. The van der Waals surface area contributed by atoms with Crippen LogP contribution in [0.5, 0.6) is 0 Å². The maximum atomic E-state index is 12.2. The van der Waals surface area contributed by atoms with Gasteiger partial charge in [0.2, 0.25) is 5.91 Å². The number of carbonyl (C=O) groups is 2. The van der Waals surface area contributed by atoms with Gasteiger partial charge in [-0.15, -0.1) is 0 Å². The maximum absolute atomic E-state index is 12.2. The summed E-state index contributed by atoms with van der Waals surface area (Å²) in [6.07, 6.45) is 1.36. The molecule has 6 heteroatoms. The quantitative estimate of drug-likeness (QED) is 0.646. The number of carbonyl (C=O) groups excluding carboxylic acids is 1. The van der Waals surface area contributed by atoms with E-state index in [2.05, 4.69) is 4.90 Å². The summed E-state index contributed by atoms with van der Waals surface area (Å²) in [4.78, 5) is 26.8. The smallest absolute Gasteiger partial charge is 0.307 e. The van der Waals surface area contributed by atoms with E-state index in [1.54, 1.807) is 12.0 Å². The minimum atomic E-state index is -0.863. The third-order valence-corrected chi connectivity index (χ3v) is 3.34. The van der Waals surface area contributed by atoms with Gasteiger partial charge in [0.1, 0.15) is 0 Å². The minimum absolute atomic E-state index is 0.0387. The molecule has 1 amide bonds. The van der Waals surface area contributed by atoms with E-state index in [0.29, 0.717) is 26.1 Å². The Hall–Kier alpha value is -1.14. The molecule has 1 fully saturated rings. The molecular weight excluding hydrogens is 248 g/mol. The van der Waals surface area contributed by atoms with Crippen molar-refractivity contribution in [3.63, 3.8) is 0 Å². The lowest BCUT2D eigenvalue weighted by Crippen LogP contribution is -2.37. The van der Waals surface area contributed by atoms with Crippen LogP contribution < -0.4 is 0 Å². The molecule has 1 saturated carbocycles. The summed E-state index contributed by atoms with van der Waals surface area (Å²) in [5.74, 6) is -1.71. The molecule has 0 aromatic carbocycles. The lowest BCUT2D eigenvalue weighted by molar-refractivity contribution is -0.142. The molecule has 1 N–H and O–H groups in total. The van der Waals surface area contributed by atoms with E-state index in [9.17, 15) is 9.59 Å². The summed E-state index contributed by atoms with van der Waals surface area (Å²) in [6, 6.07) is 0. The first-order valence-electron chi connectivity index (χ1n) is 6.62. The van der Waals surface area contributed by atoms with Gasteiger partial charge in [-0.3, -0.25) is 9.59 Å². The number of methoxy groups -OCH3 is 1. The van der Waals surface area contributed by atoms with Gasteiger partial charge in [-0.05, 0) is 33.5 Å². The molecule has 2 atom stereocenters. The van der Waals surface area contributed by atoms with Crippen molar-refractivity contribution in [2.24, 2.45) is 11.8 Å². The molecule has 0 aromatic rings. The number of ether oxygens (including phenoxy) is 1. The molecule has 110 valence electrons. The van der Waals surface area contributed by atoms with Gasteiger partial charge >= 0.3 is 5.97 Å². The van der Waals surface area contributed by atoms with Crippen LogP contribution in [-0.4, -0.2) is 74.2 Å². The highest BCUT2D eigenvalue weighted by Crippen LogP contribution is 2.40. The SMILES string of the molecule is COCCN(CCCN(C)C)C(=O)[C@@H]1C[C@@H]1C(=O)O. The number of nitrogens with zero attached hydrogens (tertiary/aromatic N) is 2. The third kappa shape index (κ3) is 5.16. The highest BCUT2D eigenvalue weighted by Gasteiger charge is 2.49. The number of amides is 1. The zero-order chi connectivity index (χ0) is 14.4. The molecule has 0 aromatic heterocycles. The number of hydrogen-bond donors (Lipinski definition) is 1. The van der Waals surface area contributed by atoms with Gasteiger partial charge in [-0.1, -0.05) is 0 Å². The van der Waals surface area contributed by atoms with Gasteiger partial charge in [-0.2, -0.15) is 0 Å². The Morgan fingerprint density at radius 3 is 2.37 bits per heavy atom. The van der Waals surface area contributed by atoms with Crippen LogP contribution in [0, 0.1) is 11.8 Å². The monoisotopic (exact) mass is 272 g/mol. The first-order valence-corrected chi connectivity index (χ1v) is 6.62. The van der Waals surface area contributed by atoms with Crippen molar-refractivity contribution in [1.29, 1.82) is 0 Å². The van der Waals surface area contributed by atoms with Crippen molar-refractivity contribution in [2.75, 3.05) is 47.4 Å². The van der Waals surface area contributed by atoms with E-state index < -0.39 is 11.9 Å². The van der Waals surface area contributed by atoms with Gasteiger partial charge in [0.15, 0.2) is 0 Å². The highest BCUT2D eigenvalue weighted by atomic mass is 16.5. The van der Waals surface area contributed by atoms with Crippen molar-refractivity contribution < 1.29 is 19.4 Å². The summed E-state index contributed by atoms with van der Waals surface area (Å²) in [6.45, 7) is 2.58. The van der Waals surface area contributed by atoms with Crippen LogP contribution in [0.15, 0.2) is 0 Å². The van der Waals surface area contributed by atoms with Crippen LogP contribution in [0.4, 0.5) is 0 Å². The number of aliphatic carboxylic acids is 1. The Bertz CT molecular complexity index is 320. The summed E-state index contributed by atoms with van der Waals surface area (Å²) in [7, 11) is 5.57. The van der Waals surface area contributed by atoms with Crippen molar-refractivity contribution in [2.45, 2.75) is 12.8 Å². The molecule has 1 aliphatic carbocycles. The number of carboxylic acids is 1. The normalized spacial score (nSPS) is 21.5. The zero-order valence-electron chi connectivity index (χ0n) is 12.0. The van der Waals surface area contributed by atoms with E-state index >= 15 is 0 Å². The van der Waals surface area contributed by atoms with Crippen molar-refractivity contribution in [3.8, 4) is 0 Å². The van der Waals surface area contributed by atoms with Gasteiger partial charge < -0.3 is 19.6 Å². The topological polar surface area (TPSA) is 70.1 Å². The maximum Gasteiger partial charge on any atom is 0.307 e. The molecule has 0 spiro atoms. The number of hydrogen-bond acceptors (Lipinski definition) is 4. The van der Waals surface area contributed by atoms with E-state index in [0.717, 1.165) is 13.0 Å². The first kappa shape index (κ1) is 15.9. The summed E-state index contributed by atoms with van der Waals surface area (Å²) in [5, 5.41) is 8.88. The lowest BCUT2D eigenvalue weighted by Gasteiger charge is -2.23. The molecule has 19 heavy (non-hydrogen) atoms. The summed E-state index contributed by atoms with van der Waals surface area (Å²) >= 11 is 0. The van der Waals surface area contributed by atoms with Crippen molar-refractivity contribution in [3.05, 3.63) is 0 Å². The predicted molar refractivity (Wildman–Crippen MR) is 70.9 cm³/mol. The molecule has 0 bridgehead atoms. The second-order valence-electron chi connectivity index (χ2n) is 5.26. The molecule has 0 unspecified atom stereocenters. The second kappa shape index (κ2) is 7.45. The van der Waals surface area contributed by atoms with Crippen molar-refractivity contribution in [1.82, 2.24) is 9.80 Å². The Kier molecular flexibility index (Phi) is 6.24. The summed E-state index contributed by atoms with van der Waals surface area (Å²) in [5.41, 5.74) is 0. The van der Waals surface area contributed by atoms with E-state index in [1.807, 2.05) is 14.1 Å². The average Bonchev–Trinajstić information content (AvgIpc) is 3.12. The molecule has 0 heterocycles. The van der Waals surface area contributed by atoms with Crippen LogP contribution in [0.2, 0.25) is 0 Å². The molecule has 0 radical (unpaired) electrons. The fraction of sp³-hybridized carbons (Fsp3) is 0.846. The fourth-order valence-corrected chi connectivity index (χ4v) is 2.09. The fourth-order valence-electron chi connectivity index (χ4n) is 2.09. The standard InChI is InChI=1S/C13H24N2O4/c1-14(2)5-4-6-15(7-8-19-3)12(16)10-9-11(10)13(17)18/h10-11H,4-9H2,1-3H3,(H,17,18)/t10-,11+/m1/s1. The summed E-state index contributed by atoms with van der Waals surface area (Å²) < 4.78 is 5.00. The largest absolute Gasteiger partial charge is 0.481 e. The van der Waals surface area contributed by atoms with Crippen LogP contribution in [0.25, 0.3) is 0 Å². The van der Waals surface area contributed by atoms with Crippen molar-refractivity contribution >= 4 is 11.9 Å². The molecule has 1 rings (SSSR count). The van der Waals surface area contributed by atoms with E-state index in [-0.39, 0.29) is 11.8 Å². The van der Waals surface area contributed by atoms with Gasteiger partial charge in [0, 0.05) is 20.2 Å². The second-order valence-corrected chi connectivity index (χ2v) is 5.26. The Morgan fingerprint density at radius 1 is 1.21 bits per heavy atom. The molecule has 6 nitrogen and oxygen atoms in total. The van der Waals surface area contributed by atoms with Gasteiger partial charge in [0.25, 0.3) is 0 Å². The predicted octanol–water partition coefficient (Wildman–Crippen LogP) is 0.134. The van der Waals surface area contributed by atoms with Crippen LogP contribution >= 0.6 is 0 Å². The van der Waals surface area contributed by atoms with Crippen LogP contribution in [-0.2, 0) is 14.3 Å².